The molecule has 0 aliphatic carbocycles. The van der Waals surface area contributed by atoms with E-state index in [-0.39, 0.29) is 6.61 Å². The molecule has 1 heterocycles. The quantitative estimate of drug-likeness (QED) is 0.845. The Morgan fingerprint density at radius 2 is 2.00 bits per heavy atom. The van der Waals surface area contributed by atoms with Crippen LogP contribution >= 0.6 is 23.1 Å². The SMILES string of the molecule is OC[C@@H](O)CSCc1nnc(-c2ccccc2)s1. The van der Waals surface area contributed by atoms with Crippen molar-refractivity contribution in [1.82, 2.24) is 10.2 Å². The van der Waals surface area contributed by atoms with Crippen LogP contribution in [0.4, 0.5) is 0 Å². The van der Waals surface area contributed by atoms with Gasteiger partial charge in [-0.3, -0.25) is 0 Å². The number of benzene rings is 1. The molecular weight excluding hydrogens is 268 g/mol. The van der Waals surface area contributed by atoms with Crippen LogP contribution in [0.25, 0.3) is 10.6 Å². The first kappa shape index (κ1) is 13.5. The van der Waals surface area contributed by atoms with Gasteiger partial charge in [-0.15, -0.1) is 10.2 Å². The lowest BCUT2D eigenvalue weighted by Crippen LogP contribution is -2.14. The Balaban J connectivity index is 1.91. The molecule has 0 fully saturated rings. The van der Waals surface area contributed by atoms with Gasteiger partial charge in [0.25, 0.3) is 0 Å². The molecule has 0 bridgehead atoms. The topological polar surface area (TPSA) is 66.2 Å². The van der Waals surface area contributed by atoms with Crippen molar-refractivity contribution in [2.45, 2.75) is 11.9 Å². The Morgan fingerprint density at radius 1 is 1.22 bits per heavy atom. The summed E-state index contributed by atoms with van der Waals surface area (Å²) in [4.78, 5) is 0. The zero-order valence-corrected chi connectivity index (χ0v) is 11.3. The molecule has 1 atom stereocenters. The average molecular weight is 282 g/mol. The van der Waals surface area contributed by atoms with Crippen molar-refractivity contribution in [3.63, 3.8) is 0 Å². The lowest BCUT2D eigenvalue weighted by Gasteiger charge is -2.04. The van der Waals surface area contributed by atoms with Crippen LogP contribution in [0.2, 0.25) is 0 Å². The van der Waals surface area contributed by atoms with Gasteiger partial charge >= 0.3 is 0 Å². The Bertz CT molecular complexity index is 476. The van der Waals surface area contributed by atoms with E-state index in [0.29, 0.717) is 11.5 Å². The highest BCUT2D eigenvalue weighted by atomic mass is 32.2. The number of aliphatic hydroxyl groups is 2. The van der Waals surface area contributed by atoms with Crippen LogP contribution in [0.5, 0.6) is 0 Å². The third kappa shape index (κ3) is 3.78. The monoisotopic (exact) mass is 282 g/mol. The van der Waals surface area contributed by atoms with Gasteiger partial charge in [0, 0.05) is 17.1 Å². The molecule has 1 aromatic carbocycles. The summed E-state index contributed by atoms with van der Waals surface area (Å²) in [5, 5.41) is 28.0. The number of hydrogen-bond acceptors (Lipinski definition) is 6. The number of aliphatic hydroxyl groups excluding tert-OH is 2. The van der Waals surface area contributed by atoms with E-state index >= 15 is 0 Å². The summed E-state index contributed by atoms with van der Waals surface area (Å²) in [6.45, 7) is -0.196. The largest absolute Gasteiger partial charge is 0.394 e. The van der Waals surface area contributed by atoms with Crippen molar-refractivity contribution in [3.05, 3.63) is 35.3 Å². The summed E-state index contributed by atoms with van der Waals surface area (Å²) in [6.07, 6.45) is -0.656. The Hall–Kier alpha value is -0.950. The van der Waals surface area contributed by atoms with Crippen molar-refractivity contribution in [2.75, 3.05) is 12.4 Å². The molecule has 1 aromatic heterocycles. The van der Waals surface area contributed by atoms with Gasteiger partial charge in [0.05, 0.1) is 12.7 Å². The van der Waals surface area contributed by atoms with Crippen molar-refractivity contribution in [1.29, 1.82) is 0 Å². The molecule has 0 saturated carbocycles. The summed E-state index contributed by atoms with van der Waals surface area (Å²) in [5.41, 5.74) is 1.07. The van der Waals surface area contributed by atoms with Crippen LogP contribution in [0.1, 0.15) is 5.01 Å². The van der Waals surface area contributed by atoms with Crippen LogP contribution in [0.3, 0.4) is 0 Å². The van der Waals surface area contributed by atoms with Crippen molar-refractivity contribution in [3.8, 4) is 10.6 Å². The second-order valence-electron chi connectivity index (χ2n) is 3.72. The molecule has 0 amide bonds. The van der Waals surface area contributed by atoms with Crippen molar-refractivity contribution >= 4 is 23.1 Å². The molecule has 0 spiro atoms. The first-order chi connectivity index (χ1) is 8.79. The molecule has 0 radical (unpaired) electrons. The highest BCUT2D eigenvalue weighted by Gasteiger charge is 2.07. The Morgan fingerprint density at radius 3 is 2.72 bits per heavy atom. The summed E-state index contributed by atoms with van der Waals surface area (Å²) in [7, 11) is 0. The van der Waals surface area contributed by atoms with E-state index in [1.807, 2.05) is 30.3 Å². The molecule has 2 rings (SSSR count). The minimum Gasteiger partial charge on any atom is -0.394 e. The van der Waals surface area contributed by atoms with Crippen molar-refractivity contribution in [2.24, 2.45) is 0 Å². The molecule has 2 aromatic rings. The lowest BCUT2D eigenvalue weighted by atomic mass is 10.2. The van der Waals surface area contributed by atoms with Crippen LogP contribution in [-0.4, -0.2) is 38.9 Å². The number of nitrogens with zero attached hydrogens (tertiary/aromatic N) is 2. The fourth-order valence-electron chi connectivity index (χ4n) is 1.34. The normalized spacial score (nSPS) is 12.6. The maximum absolute atomic E-state index is 9.22. The highest BCUT2D eigenvalue weighted by molar-refractivity contribution is 7.98. The zero-order valence-electron chi connectivity index (χ0n) is 9.69. The minimum absolute atomic E-state index is 0.196. The van der Waals surface area contributed by atoms with Gasteiger partial charge in [0.15, 0.2) is 0 Å². The summed E-state index contributed by atoms with van der Waals surface area (Å²) in [6, 6.07) is 9.93. The minimum atomic E-state index is -0.656. The van der Waals surface area contributed by atoms with E-state index in [1.165, 1.54) is 0 Å². The molecule has 0 aliphatic heterocycles. The Kier molecular flexibility index (Phi) is 5.12. The maximum atomic E-state index is 9.22. The number of rotatable bonds is 6. The maximum Gasteiger partial charge on any atom is 0.147 e. The van der Waals surface area contributed by atoms with Crippen molar-refractivity contribution < 1.29 is 10.2 Å². The molecular formula is C12H14N2O2S2. The molecule has 96 valence electrons. The summed E-state index contributed by atoms with van der Waals surface area (Å²) < 4.78 is 0. The zero-order chi connectivity index (χ0) is 12.8. The molecule has 6 heteroatoms. The van der Waals surface area contributed by atoms with Gasteiger partial charge in [-0.05, 0) is 0 Å². The van der Waals surface area contributed by atoms with Gasteiger partial charge in [-0.25, -0.2) is 0 Å². The molecule has 18 heavy (non-hydrogen) atoms. The molecule has 0 unspecified atom stereocenters. The molecule has 2 N–H and O–H groups in total. The average Bonchev–Trinajstić information content (AvgIpc) is 2.88. The third-order valence-corrected chi connectivity index (χ3v) is 4.49. The van der Waals surface area contributed by atoms with Gasteiger partial charge in [0.2, 0.25) is 0 Å². The lowest BCUT2D eigenvalue weighted by molar-refractivity contribution is 0.113. The van der Waals surface area contributed by atoms with Gasteiger partial charge in [-0.1, -0.05) is 41.7 Å². The van der Waals surface area contributed by atoms with Gasteiger partial charge in [-0.2, -0.15) is 11.8 Å². The second kappa shape index (κ2) is 6.84. The molecule has 0 saturated heterocycles. The predicted octanol–water partition coefficient (Wildman–Crippen LogP) is 1.79. The first-order valence-electron chi connectivity index (χ1n) is 5.54. The fourth-order valence-corrected chi connectivity index (χ4v) is 3.20. The van der Waals surface area contributed by atoms with Crippen LogP contribution in [0, 0.1) is 0 Å². The van der Waals surface area contributed by atoms with Crippen LogP contribution in [0.15, 0.2) is 30.3 Å². The summed E-state index contributed by atoms with van der Waals surface area (Å²) in [5.74, 6) is 1.22. The first-order valence-corrected chi connectivity index (χ1v) is 7.51. The standard InChI is InChI=1S/C12H14N2O2S2/c15-6-10(16)7-17-8-11-13-14-12(18-11)9-4-2-1-3-5-9/h1-5,10,15-16H,6-8H2/t10-/m1/s1. The second-order valence-corrected chi connectivity index (χ2v) is 5.81. The van der Waals surface area contributed by atoms with E-state index in [4.69, 9.17) is 5.11 Å². The number of aromatic nitrogens is 2. The Labute approximate surface area is 114 Å². The fraction of sp³-hybridized carbons (Fsp3) is 0.333. The number of hydrogen-bond donors (Lipinski definition) is 2. The van der Waals surface area contributed by atoms with Crippen LogP contribution < -0.4 is 0 Å². The predicted molar refractivity (Wildman–Crippen MR) is 74.6 cm³/mol. The third-order valence-electron chi connectivity index (χ3n) is 2.23. The van der Waals surface area contributed by atoms with Crippen LogP contribution in [-0.2, 0) is 5.75 Å². The van der Waals surface area contributed by atoms with E-state index in [2.05, 4.69) is 10.2 Å². The van der Waals surface area contributed by atoms with Gasteiger partial charge < -0.3 is 10.2 Å². The molecule has 0 aliphatic rings. The highest BCUT2D eigenvalue weighted by Crippen LogP contribution is 2.25. The van der Waals surface area contributed by atoms with E-state index < -0.39 is 6.10 Å². The van der Waals surface area contributed by atoms with E-state index in [0.717, 1.165) is 15.6 Å². The summed E-state index contributed by atoms with van der Waals surface area (Å²) >= 11 is 3.10. The number of thioether (sulfide) groups is 1. The smallest absolute Gasteiger partial charge is 0.147 e. The van der Waals surface area contributed by atoms with E-state index in [9.17, 15) is 5.11 Å². The molecule has 4 nitrogen and oxygen atoms in total. The van der Waals surface area contributed by atoms with Gasteiger partial charge in [0.1, 0.15) is 10.0 Å². The van der Waals surface area contributed by atoms with E-state index in [1.54, 1.807) is 23.1 Å².